The molecule has 0 spiro atoms. The molecule has 0 aliphatic carbocycles. The van der Waals surface area contributed by atoms with Gasteiger partial charge < -0.3 is 5.32 Å². The van der Waals surface area contributed by atoms with E-state index in [4.69, 9.17) is 0 Å². The number of nitrogens with one attached hydrogen (secondary N) is 1. The molecular weight excluding hydrogens is 232 g/mol. The van der Waals surface area contributed by atoms with Gasteiger partial charge in [-0.25, -0.2) is 9.97 Å². The summed E-state index contributed by atoms with van der Waals surface area (Å²) in [7, 11) is 0. The van der Waals surface area contributed by atoms with Crippen LogP contribution in [0.1, 0.15) is 28.2 Å². The lowest BCUT2D eigenvalue weighted by Gasteiger charge is -2.05. The fourth-order valence-corrected chi connectivity index (χ4v) is 2.19. The summed E-state index contributed by atoms with van der Waals surface area (Å²) in [6.07, 6.45) is 4.74. The zero-order valence-electron chi connectivity index (χ0n) is 10.3. The lowest BCUT2D eigenvalue weighted by molar-refractivity contribution is 1.01. The molecule has 0 amide bonds. The van der Waals surface area contributed by atoms with Gasteiger partial charge in [-0.3, -0.25) is 4.98 Å². The Morgan fingerprint density at radius 2 is 2.00 bits per heavy atom. The van der Waals surface area contributed by atoms with Crippen LogP contribution >= 0.6 is 11.3 Å². The molecule has 0 saturated carbocycles. The molecule has 0 saturated heterocycles. The van der Waals surface area contributed by atoms with E-state index < -0.39 is 0 Å². The first-order valence-corrected chi connectivity index (χ1v) is 6.48. The third-order valence-corrected chi connectivity index (χ3v) is 3.70. The number of hydrogen-bond donors (Lipinski definition) is 1. The highest BCUT2D eigenvalue weighted by Crippen LogP contribution is 2.14. The second-order valence-electron chi connectivity index (χ2n) is 3.85. The molecule has 2 aromatic heterocycles. The Hall–Kier alpha value is -1.49. The molecule has 0 aromatic carbocycles. The molecule has 17 heavy (non-hydrogen) atoms. The minimum Gasteiger partial charge on any atom is -0.362 e. The largest absolute Gasteiger partial charge is 0.362 e. The summed E-state index contributed by atoms with van der Waals surface area (Å²) in [6.45, 7) is 6.77. The number of aromatic nitrogens is 3. The fraction of sp³-hybridized carbons (Fsp3) is 0.417. The molecule has 1 N–H and O–H groups in total. The minimum absolute atomic E-state index is 0.710. The van der Waals surface area contributed by atoms with Crippen molar-refractivity contribution in [2.75, 3.05) is 5.32 Å². The highest BCUT2D eigenvalue weighted by molar-refractivity contribution is 7.11. The molecule has 4 nitrogen and oxygen atoms in total. The first-order chi connectivity index (χ1) is 8.19. The van der Waals surface area contributed by atoms with Crippen LogP contribution in [0, 0.1) is 13.8 Å². The lowest BCUT2D eigenvalue weighted by Crippen LogP contribution is -2.03. The van der Waals surface area contributed by atoms with Crippen molar-refractivity contribution in [2.45, 2.75) is 33.7 Å². The number of anilines is 1. The molecule has 90 valence electrons. The Balaban J connectivity index is 1.99. The van der Waals surface area contributed by atoms with Gasteiger partial charge in [-0.1, -0.05) is 6.92 Å². The maximum atomic E-state index is 4.42. The Bertz CT molecular complexity index is 507. The standard InChI is InChI=1S/C12H16N4S/c1-4-10-5-15-12(17-10)7-14-11-6-13-8(2)9(3)16-11/h5-6H,4,7H2,1-3H3,(H,14,16). The van der Waals surface area contributed by atoms with Crippen LogP contribution < -0.4 is 5.32 Å². The van der Waals surface area contributed by atoms with Crippen LogP contribution in [-0.2, 0) is 13.0 Å². The maximum absolute atomic E-state index is 4.42. The molecule has 0 aliphatic rings. The maximum Gasteiger partial charge on any atom is 0.145 e. The molecule has 2 rings (SSSR count). The zero-order valence-corrected chi connectivity index (χ0v) is 11.1. The zero-order chi connectivity index (χ0) is 12.3. The molecule has 0 unspecified atom stereocenters. The quantitative estimate of drug-likeness (QED) is 0.904. The molecule has 2 aromatic rings. The van der Waals surface area contributed by atoms with Crippen molar-refractivity contribution >= 4 is 17.2 Å². The number of nitrogens with zero attached hydrogens (tertiary/aromatic N) is 3. The highest BCUT2D eigenvalue weighted by atomic mass is 32.1. The number of thiazole rings is 1. The average molecular weight is 248 g/mol. The summed E-state index contributed by atoms with van der Waals surface area (Å²) in [6, 6.07) is 0. The Morgan fingerprint density at radius 1 is 1.18 bits per heavy atom. The average Bonchev–Trinajstić information content (AvgIpc) is 2.79. The summed E-state index contributed by atoms with van der Waals surface area (Å²) in [5.41, 5.74) is 1.93. The Kier molecular flexibility index (Phi) is 3.68. The lowest BCUT2D eigenvalue weighted by atomic mass is 10.3. The topological polar surface area (TPSA) is 50.7 Å². The normalized spacial score (nSPS) is 10.5. The Labute approximate surface area is 105 Å². The van der Waals surface area contributed by atoms with Crippen LogP contribution in [0.5, 0.6) is 0 Å². The molecule has 0 fully saturated rings. The van der Waals surface area contributed by atoms with E-state index in [0.29, 0.717) is 6.54 Å². The third kappa shape index (κ3) is 3.00. The highest BCUT2D eigenvalue weighted by Gasteiger charge is 2.02. The molecule has 0 aliphatic heterocycles. The second kappa shape index (κ2) is 5.23. The number of aryl methyl sites for hydroxylation is 3. The van der Waals surface area contributed by atoms with Gasteiger partial charge in [0, 0.05) is 11.1 Å². The SMILES string of the molecule is CCc1cnc(CNc2cnc(C)c(C)n2)s1. The number of hydrogen-bond acceptors (Lipinski definition) is 5. The van der Waals surface area contributed by atoms with E-state index in [2.05, 4.69) is 27.2 Å². The van der Waals surface area contributed by atoms with E-state index in [1.165, 1.54) is 4.88 Å². The molecule has 0 radical (unpaired) electrons. The Morgan fingerprint density at radius 3 is 2.65 bits per heavy atom. The van der Waals surface area contributed by atoms with E-state index >= 15 is 0 Å². The van der Waals surface area contributed by atoms with Gasteiger partial charge in [-0.2, -0.15) is 0 Å². The van der Waals surface area contributed by atoms with Gasteiger partial charge in [0.25, 0.3) is 0 Å². The first-order valence-electron chi connectivity index (χ1n) is 5.66. The summed E-state index contributed by atoms with van der Waals surface area (Å²) < 4.78 is 0. The van der Waals surface area contributed by atoms with Gasteiger partial charge in [0.05, 0.1) is 24.1 Å². The van der Waals surface area contributed by atoms with Crippen molar-refractivity contribution in [1.82, 2.24) is 15.0 Å². The smallest absolute Gasteiger partial charge is 0.145 e. The second-order valence-corrected chi connectivity index (χ2v) is 5.05. The summed E-state index contributed by atoms with van der Waals surface area (Å²) >= 11 is 1.74. The van der Waals surface area contributed by atoms with Crippen molar-refractivity contribution in [2.24, 2.45) is 0 Å². The van der Waals surface area contributed by atoms with Gasteiger partial charge in [-0.05, 0) is 20.3 Å². The van der Waals surface area contributed by atoms with Crippen LogP contribution in [0.4, 0.5) is 5.82 Å². The number of rotatable bonds is 4. The van der Waals surface area contributed by atoms with Gasteiger partial charge >= 0.3 is 0 Å². The van der Waals surface area contributed by atoms with Crippen LogP contribution in [-0.4, -0.2) is 15.0 Å². The van der Waals surface area contributed by atoms with Crippen LogP contribution in [0.25, 0.3) is 0 Å². The van der Waals surface area contributed by atoms with Gasteiger partial charge in [0.1, 0.15) is 10.8 Å². The van der Waals surface area contributed by atoms with E-state index in [9.17, 15) is 0 Å². The monoisotopic (exact) mass is 248 g/mol. The molecule has 0 bridgehead atoms. The minimum atomic E-state index is 0.710. The third-order valence-electron chi connectivity index (χ3n) is 2.56. The van der Waals surface area contributed by atoms with Crippen molar-refractivity contribution in [3.05, 3.63) is 33.7 Å². The first kappa shape index (κ1) is 12.0. The predicted octanol–water partition coefficient (Wildman–Crippen LogP) is 2.72. The fourth-order valence-electron chi connectivity index (χ4n) is 1.39. The van der Waals surface area contributed by atoms with Crippen LogP contribution in [0.3, 0.4) is 0 Å². The van der Waals surface area contributed by atoms with Crippen molar-refractivity contribution in [3.8, 4) is 0 Å². The predicted molar refractivity (Wildman–Crippen MR) is 70.3 cm³/mol. The van der Waals surface area contributed by atoms with Crippen LogP contribution in [0.2, 0.25) is 0 Å². The van der Waals surface area contributed by atoms with Gasteiger partial charge in [-0.15, -0.1) is 11.3 Å². The molecular formula is C12H16N4S. The van der Waals surface area contributed by atoms with E-state index in [0.717, 1.165) is 28.6 Å². The van der Waals surface area contributed by atoms with E-state index in [1.807, 2.05) is 20.0 Å². The summed E-state index contributed by atoms with van der Waals surface area (Å²) in [4.78, 5) is 14.4. The summed E-state index contributed by atoms with van der Waals surface area (Å²) in [5, 5.41) is 4.33. The van der Waals surface area contributed by atoms with Gasteiger partial charge in [0.15, 0.2) is 0 Å². The van der Waals surface area contributed by atoms with Crippen molar-refractivity contribution in [1.29, 1.82) is 0 Å². The van der Waals surface area contributed by atoms with E-state index in [-0.39, 0.29) is 0 Å². The van der Waals surface area contributed by atoms with E-state index in [1.54, 1.807) is 17.5 Å². The van der Waals surface area contributed by atoms with Gasteiger partial charge in [0.2, 0.25) is 0 Å². The van der Waals surface area contributed by atoms with Crippen molar-refractivity contribution in [3.63, 3.8) is 0 Å². The van der Waals surface area contributed by atoms with Crippen molar-refractivity contribution < 1.29 is 0 Å². The molecule has 5 heteroatoms. The molecule has 0 atom stereocenters. The summed E-state index contributed by atoms with van der Waals surface area (Å²) in [5.74, 6) is 0.807. The molecule has 2 heterocycles. The van der Waals surface area contributed by atoms with Crippen LogP contribution in [0.15, 0.2) is 12.4 Å².